The lowest BCUT2D eigenvalue weighted by Crippen LogP contribution is -2.37. The Bertz CT molecular complexity index is 824. The Balaban J connectivity index is 0.00000243. The van der Waals surface area contributed by atoms with E-state index in [4.69, 9.17) is 0 Å². The summed E-state index contributed by atoms with van der Waals surface area (Å²) in [6.45, 7) is 3.89. The van der Waals surface area contributed by atoms with Crippen molar-refractivity contribution in [2.45, 2.75) is 20.0 Å². The normalized spacial score (nSPS) is 11.1. The molecule has 3 rings (SSSR count). The van der Waals surface area contributed by atoms with Crippen molar-refractivity contribution in [3.8, 4) is 5.69 Å². The molecule has 0 aliphatic heterocycles. The van der Waals surface area contributed by atoms with Gasteiger partial charge in [-0.15, -0.1) is 34.2 Å². The minimum atomic E-state index is 0. The maximum Gasteiger partial charge on any atom is 0.192 e. The summed E-state index contributed by atoms with van der Waals surface area (Å²) in [6, 6.07) is 12.0. The van der Waals surface area contributed by atoms with Crippen LogP contribution in [0.4, 0.5) is 0 Å². The van der Waals surface area contributed by atoms with E-state index in [1.807, 2.05) is 59.6 Å². The molecule has 0 bridgehead atoms. The van der Waals surface area contributed by atoms with E-state index in [0.29, 0.717) is 13.1 Å². The molecule has 0 spiro atoms. The number of aromatic nitrogens is 5. The molecule has 1 aromatic carbocycles. The maximum absolute atomic E-state index is 4.59. The summed E-state index contributed by atoms with van der Waals surface area (Å²) in [6.07, 6.45) is 3.49. The highest BCUT2D eigenvalue weighted by molar-refractivity contribution is 14.0. The third-order valence-corrected chi connectivity index (χ3v) is 3.73. The minimum Gasteiger partial charge on any atom is -0.357 e. The van der Waals surface area contributed by atoms with Gasteiger partial charge in [-0.25, -0.2) is 4.99 Å². The van der Waals surface area contributed by atoms with Crippen molar-refractivity contribution in [2.75, 3.05) is 6.54 Å². The molecule has 0 atom stereocenters. The van der Waals surface area contributed by atoms with Crippen LogP contribution in [0.5, 0.6) is 0 Å². The number of aliphatic imine (C=N–C) groups is 1. The van der Waals surface area contributed by atoms with Gasteiger partial charge < -0.3 is 10.6 Å². The van der Waals surface area contributed by atoms with Gasteiger partial charge in [-0.3, -0.25) is 9.25 Å². The first-order valence-corrected chi connectivity index (χ1v) is 8.21. The van der Waals surface area contributed by atoms with Crippen LogP contribution < -0.4 is 10.6 Å². The lowest BCUT2D eigenvalue weighted by Gasteiger charge is -2.12. The van der Waals surface area contributed by atoms with Crippen LogP contribution in [-0.4, -0.2) is 37.0 Å². The average Bonchev–Trinajstić information content (AvgIpc) is 3.27. The van der Waals surface area contributed by atoms with Gasteiger partial charge in [0.15, 0.2) is 11.8 Å². The first kappa shape index (κ1) is 19.9. The Morgan fingerprint density at radius 3 is 2.65 bits per heavy atom. The largest absolute Gasteiger partial charge is 0.357 e. The second-order valence-electron chi connectivity index (χ2n) is 5.45. The van der Waals surface area contributed by atoms with Crippen LogP contribution in [0.3, 0.4) is 0 Å². The number of nitrogens with zero attached hydrogens (tertiary/aromatic N) is 6. The molecule has 0 saturated carbocycles. The second-order valence-corrected chi connectivity index (χ2v) is 5.45. The van der Waals surface area contributed by atoms with E-state index in [1.54, 1.807) is 12.5 Å². The molecule has 0 saturated heterocycles. The number of halogens is 1. The van der Waals surface area contributed by atoms with Crippen molar-refractivity contribution in [1.82, 2.24) is 35.2 Å². The van der Waals surface area contributed by atoms with E-state index in [1.165, 1.54) is 0 Å². The van der Waals surface area contributed by atoms with Gasteiger partial charge in [0.25, 0.3) is 0 Å². The summed E-state index contributed by atoms with van der Waals surface area (Å²) in [7, 11) is 1.91. The number of hydrogen-bond acceptors (Lipinski definition) is 4. The number of para-hydroxylation sites is 1. The summed E-state index contributed by atoms with van der Waals surface area (Å²) < 4.78 is 3.77. The molecule has 2 aromatic heterocycles. The van der Waals surface area contributed by atoms with E-state index in [0.717, 1.165) is 29.7 Å². The van der Waals surface area contributed by atoms with E-state index in [2.05, 4.69) is 30.9 Å². The highest BCUT2D eigenvalue weighted by atomic mass is 127. The standard InChI is InChI=1S/C17H22N8.HI/c1-3-18-17(19-11-15-9-10-22-24(15)2)20-12-16-23-21-13-25(16)14-7-5-4-6-8-14;/h4-10,13H,3,11-12H2,1-2H3,(H2,18,19,20);1H. The number of aryl methyl sites for hydroxylation is 1. The minimum absolute atomic E-state index is 0. The van der Waals surface area contributed by atoms with Crippen LogP contribution in [0.1, 0.15) is 18.4 Å². The predicted octanol–water partition coefficient (Wildman–Crippen LogP) is 1.87. The quantitative estimate of drug-likeness (QED) is 0.329. The van der Waals surface area contributed by atoms with Gasteiger partial charge in [0.1, 0.15) is 6.33 Å². The molecular formula is C17H23IN8. The van der Waals surface area contributed by atoms with E-state index < -0.39 is 0 Å². The van der Waals surface area contributed by atoms with Gasteiger partial charge in [-0.05, 0) is 25.1 Å². The Labute approximate surface area is 169 Å². The lowest BCUT2D eigenvalue weighted by molar-refractivity contribution is 0.704. The molecule has 9 heteroatoms. The molecule has 0 unspecified atom stereocenters. The first-order valence-electron chi connectivity index (χ1n) is 8.21. The summed E-state index contributed by atoms with van der Waals surface area (Å²) in [5.41, 5.74) is 2.07. The van der Waals surface area contributed by atoms with E-state index >= 15 is 0 Å². The van der Waals surface area contributed by atoms with Crippen LogP contribution in [0.2, 0.25) is 0 Å². The molecule has 0 radical (unpaired) electrons. The smallest absolute Gasteiger partial charge is 0.192 e. The fourth-order valence-corrected chi connectivity index (χ4v) is 2.40. The Morgan fingerprint density at radius 1 is 1.15 bits per heavy atom. The van der Waals surface area contributed by atoms with Gasteiger partial charge in [-0.1, -0.05) is 18.2 Å². The lowest BCUT2D eigenvalue weighted by atomic mass is 10.3. The van der Waals surface area contributed by atoms with Crippen LogP contribution in [0.15, 0.2) is 53.9 Å². The fraction of sp³-hybridized carbons (Fsp3) is 0.294. The second kappa shape index (κ2) is 9.90. The van der Waals surface area contributed by atoms with Crippen molar-refractivity contribution in [3.05, 3.63) is 60.4 Å². The average molecular weight is 466 g/mol. The SMILES string of the molecule is CCNC(=NCc1ccnn1C)NCc1nncn1-c1ccccc1.I. The highest BCUT2D eigenvalue weighted by Crippen LogP contribution is 2.08. The molecule has 8 nitrogen and oxygen atoms in total. The summed E-state index contributed by atoms with van der Waals surface area (Å²) in [4.78, 5) is 4.59. The molecule has 2 heterocycles. The van der Waals surface area contributed by atoms with Gasteiger partial charge in [0.2, 0.25) is 0 Å². The molecular weight excluding hydrogens is 443 g/mol. The third kappa shape index (κ3) is 5.04. The van der Waals surface area contributed by atoms with Crippen molar-refractivity contribution in [3.63, 3.8) is 0 Å². The maximum atomic E-state index is 4.59. The van der Waals surface area contributed by atoms with Gasteiger partial charge in [0.05, 0.1) is 18.8 Å². The van der Waals surface area contributed by atoms with Crippen molar-refractivity contribution in [1.29, 1.82) is 0 Å². The zero-order valence-corrected chi connectivity index (χ0v) is 17.2. The van der Waals surface area contributed by atoms with E-state index in [-0.39, 0.29) is 24.0 Å². The van der Waals surface area contributed by atoms with Crippen molar-refractivity contribution in [2.24, 2.45) is 12.0 Å². The van der Waals surface area contributed by atoms with Crippen molar-refractivity contribution < 1.29 is 0 Å². The van der Waals surface area contributed by atoms with Crippen LogP contribution in [-0.2, 0) is 20.1 Å². The molecule has 3 aromatic rings. The number of rotatable bonds is 6. The number of hydrogen-bond donors (Lipinski definition) is 2. The molecule has 138 valence electrons. The predicted molar refractivity (Wildman–Crippen MR) is 112 cm³/mol. The zero-order chi connectivity index (χ0) is 17.5. The zero-order valence-electron chi connectivity index (χ0n) is 14.8. The van der Waals surface area contributed by atoms with Gasteiger partial charge >= 0.3 is 0 Å². The third-order valence-electron chi connectivity index (χ3n) is 3.73. The topological polar surface area (TPSA) is 84.9 Å². The van der Waals surface area contributed by atoms with Crippen molar-refractivity contribution >= 4 is 29.9 Å². The number of guanidine groups is 1. The summed E-state index contributed by atoms with van der Waals surface area (Å²) in [5, 5.41) is 18.9. The Hall–Kier alpha value is -2.43. The van der Waals surface area contributed by atoms with Crippen LogP contribution in [0.25, 0.3) is 5.69 Å². The molecule has 0 aliphatic rings. The highest BCUT2D eigenvalue weighted by Gasteiger charge is 2.07. The molecule has 0 fully saturated rings. The fourth-order valence-electron chi connectivity index (χ4n) is 2.40. The monoisotopic (exact) mass is 466 g/mol. The Morgan fingerprint density at radius 2 is 1.96 bits per heavy atom. The van der Waals surface area contributed by atoms with Gasteiger partial charge in [-0.2, -0.15) is 5.10 Å². The molecule has 26 heavy (non-hydrogen) atoms. The molecule has 0 aliphatic carbocycles. The van der Waals surface area contributed by atoms with Crippen LogP contribution in [0, 0.1) is 0 Å². The van der Waals surface area contributed by atoms with Crippen LogP contribution >= 0.6 is 24.0 Å². The van der Waals surface area contributed by atoms with Gasteiger partial charge in [0, 0.05) is 25.5 Å². The summed E-state index contributed by atoms with van der Waals surface area (Å²) >= 11 is 0. The Kier molecular flexibility index (Phi) is 7.57. The first-order chi connectivity index (χ1) is 12.3. The molecule has 2 N–H and O–H groups in total. The molecule has 0 amide bonds. The summed E-state index contributed by atoms with van der Waals surface area (Å²) in [5.74, 6) is 1.55. The van der Waals surface area contributed by atoms with E-state index in [9.17, 15) is 0 Å². The number of nitrogens with one attached hydrogen (secondary N) is 2. The number of benzene rings is 1.